The Hall–Kier alpha value is -3.90. The molecule has 3 aromatic carbocycles. The fourth-order valence-electron chi connectivity index (χ4n) is 3.24. The summed E-state index contributed by atoms with van der Waals surface area (Å²) in [6, 6.07) is 29.3. The van der Waals surface area contributed by atoms with E-state index in [1.807, 2.05) is 96.4 Å². The minimum atomic E-state index is -0.0292. The molecule has 0 bridgehead atoms. The molecule has 0 aliphatic carbocycles. The Morgan fingerprint density at radius 2 is 1.47 bits per heavy atom. The van der Waals surface area contributed by atoms with Gasteiger partial charge in [-0.25, -0.2) is 0 Å². The van der Waals surface area contributed by atoms with Gasteiger partial charge in [0.2, 0.25) is 5.91 Å². The van der Waals surface area contributed by atoms with Gasteiger partial charge in [0.05, 0.1) is 4.88 Å². The molecule has 0 atom stereocenters. The summed E-state index contributed by atoms with van der Waals surface area (Å²) >= 11 is 1.53. The summed E-state index contributed by atoms with van der Waals surface area (Å²) in [4.78, 5) is 13.3. The van der Waals surface area contributed by atoms with E-state index in [1.165, 1.54) is 11.3 Å². The first kappa shape index (κ1) is 21.3. The van der Waals surface area contributed by atoms with Gasteiger partial charge in [0.15, 0.2) is 0 Å². The molecular formula is C26H24N4OS. The van der Waals surface area contributed by atoms with Crippen molar-refractivity contribution in [2.24, 2.45) is 0 Å². The molecule has 4 N–H and O–H groups in total. The summed E-state index contributed by atoms with van der Waals surface area (Å²) in [5.41, 5.74) is 4.65. The van der Waals surface area contributed by atoms with Crippen LogP contribution in [0.4, 0.5) is 22.7 Å². The van der Waals surface area contributed by atoms with Crippen molar-refractivity contribution in [1.29, 1.82) is 5.41 Å². The molecule has 0 unspecified atom stereocenters. The Labute approximate surface area is 191 Å². The van der Waals surface area contributed by atoms with Crippen LogP contribution in [-0.4, -0.2) is 11.7 Å². The first-order valence-corrected chi connectivity index (χ1v) is 11.2. The van der Waals surface area contributed by atoms with Gasteiger partial charge >= 0.3 is 0 Å². The summed E-state index contributed by atoms with van der Waals surface area (Å²) in [7, 11) is 0. The van der Waals surface area contributed by atoms with Crippen molar-refractivity contribution >= 4 is 45.8 Å². The second-order valence-electron chi connectivity index (χ2n) is 7.29. The molecule has 6 heteroatoms. The second-order valence-corrected chi connectivity index (χ2v) is 8.24. The van der Waals surface area contributed by atoms with Crippen LogP contribution in [0.2, 0.25) is 0 Å². The SMILES string of the molecule is N=C(Nc1cccc(CCC(=O)Nc2ccc(Nc3ccccc3)cc2)c1)c1cccs1. The Morgan fingerprint density at radius 3 is 2.22 bits per heavy atom. The van der Waals surface area contributed by atoms with E-state index >= 15 is 0 Å². The van der Waals surface area contributed by atoms with Gasteiger partial charge in [0, 0.05) is 29.2 Å². The van der Waals surface area contributed by atoms with Crippen molar-refractivity contribution in [3.63, 3.8) is 0 Å². The normalized spacial score (nSPS) is 10.4. The summed E-state index contributed by atoms with van der Waals surface area (Å²) in [6.45, 7) is 0. The predicted octanol–water partition coefficient (Wildman–Crippen LogP) is 6.50. The molecule has 4 rings (SSSR count). The van der Waals surface area contributed by atoms with Crippen LogP contribution in [0.15, 0.2) is 96.4 Å². The van der Waals surface area contributed by atoms with Crippen LogP contribution < -0.4 is 16.0 Å². The molecule has 1 amide bonds. The van der Waals surface area contributed by atoms with E-state index in [-0.39, 0.29) is 5.91 Å². The molecule has 0 aliphatic heterocycles. The zero-order valence-electron chi connectivity index (χ0n) is 17.5. The number of nitrogens with one attached hydrogen (secondary N) is 4. The predicted molar refractivity (Wildman–Crippen MR) is 134 cm³/mol. The zero-order chi connectivity index (χ0) is 22.2. The molecule has 1 heterocycles. The van der Waals surface area contributed by atoms with Crippen LogP contribution in [0, 0.1) is 5.41 Å². The quantitative estimate of drug-likeness (QED) is 0.187. The molecule has 0 radical (unpaired) electrons. The maximum absolute atomic E-state index is 12.4. The van der Waals surface area contributed by atoms with Crippen molar-refractivity contribution in [2.45, 2.75) is 12.8 Å². The number of amidine groups is 1. The van der Waals surface area contributed by atoms with Gasteiger partial charge in [-0.05, 0) is 72.0 Å². The molecule has 1 aromatic heterocycles. The summed E-state index contributed by atoms with van der Waals surface area (Å²) in [5.74, 6) is 0.346. The molecule has 0 aliphatic rings. The number of amides is 1. The van der Waals surface area contributed by atoms with Crippen LogP contribution >= 0.6 is 11.3 Å². The molecule has 160 valence electrons. The summed E-state index contributed by atoms with van der Waals surface area (Å²) < 4.78 is 0. The highest BCUT2D eigenvalue weighted by atomic mass is 32.1. The number of thiophene rings is 1. The lowest BCUT2D eigenvalue weighted by atomic mass is 10.1. The number of hydrogen-bond donors (Lipinski definition) is 4. The number of benzene rings is 3. The van der Waals surface area contributed by atoms with Gasteiger partial charge in [0.1, 0.15) is 5.84 Å². The third-order valence-electron chi connectivity index (χ3n) is 4.84. The van der Waals surface area contributed by atoms with Crippen molar-refractivity contribution in [3.8, 4) is 0 Å². The van der Waals surface area contributed by atoms with E-state index in [1.54, 1.807) is 0 Å². The highest BCUT2D eigenvalue weighted by Crippen LogP contribution is 2.19. The van der Waals surface area contributed by atoms with Gasteiger partial charge < -0.3 is 16.0 Å². The lowest BCUT2D eigenvalue weighted by molar-refractivity contribution is -0.116. The largest absolute Gasteiger partial charge is 0.356 e. The molecule has 4 aromatic rings. The average molecular weight is 441 g/mol. The van der Waals surface area contributed by atoms with E-state index in [2.05, 4.69) is 16.0 Å². The Balaban J connectivity index is 1.27. The minimum absolute atomic E-state index is 0.0292. The van der Waals surface area contributed by atoms with E-state index in [0.29, 0.717) is 18.7 Å². The van der Waals surface area contributed by atoms with Crippen LogP contribution in [0.5, 0.6) is 0 Å². The lowest BCUT2D eigenvalue weighted by Crippen LogP contribution is -2.13. The second kappa shape index (κ2) is 10.4. The first-order chi connectivity index (χ1) is 15.7. The summed E-state index contributed by atoms with van der Waals surface area (Å²) in [5, 5.41) is 19.5. The molecule has 32 heavy (non-hydrogen) atoms. The topological polar surface area (TPSA) is 77.0 Å². The monoisotopic (exact) mass is 440 g/mol. The Bertz CT molecular complexity index is 1170. The van der Waals surface area contributed by atoms with Gasteiger partial charge in [-0.15, -0.1) is 11.3 Å². The highest BCUT2D eigenvalue weighted by Gasteiger charge is 2.06. The molecule has 0 fully saturated rings. The molecule has 0 saturated heterocycles. The molecule has 5 nitrogen and oxygen atoms in total. The van der Waals surface area contributed by atoms with Crippen LogP contribution in [-0.2, 0) is 11.2 Å². The van der Waals surface area contributed by atoms with Crippen LogP contribution in [0.3, 0.4) is 0 Å². The maximum atomic E-state index is 12.4. The Kier molecular flexibility index (Phi) is 6.94. The van der Waals surface area contributed by atoms with E-state index < -0.39 is 0 Å². The number of carbonyl (C=O) groups is 1. The van der Waals surface area contributed by atoms with Crippen molar-refractivity contribution in [2.75, 3.05) is 16.0 Å². The number of carbonyl (C=O) groups excluding carboxylic acids is 1. The minimum Gasteiger partial charge on any atom is -0.356 e. The average Bonchev–Trinajstić information content (AvgIpc) is 3.35. The van der Waals surface area contributed by atoms with E-state index in [4.69, 9.17) is 5.41 Å². The van der Waals surface area contributed by atoms with Gasteiger partial charge in [-0.3, -0.25) is 10.2 Å². The van der Waals surface area contributed by atoms with E-state index in [0.717, 1.165) is 33.2 Å². The standard InChI is InChI=1S/C26H24N4OS/c27-26(24-10-5-17-32-24)30-23-9-4-6-19(18-23)11-16-25(31)29-22-14-12-21(13-15-22)28-20-7-2-1-3-8-20/h1-10,12-15,17-18,28H,11,16H2,(H2,27,30)(H,29,31). The number of aryl methyl sites for hydroxylation is 1. The van der Waals surface area contributed by atoms with Crippen molar-refractivity contribution in [1.82, 2.24) is 0 Å². The highest BCUT2D eigenvalue weighted by molar-refractivity contribution is 7.12. The number of hydrogen-bond acceptors (Lipinski definition) is 4. The van der Waals surface area contributed by atoms with Crippen molar-refractivity contribution < 1.29 is 4.79 Å². The third kappa shape index (κ3) is 6.06. The third-order valence-corrected chi connectivity index (χ3v) is 5.72. The zero-order valence-corrected chi connectivity index (χ0v) is 18.3. The number of rotatable bonds is 8. The summed E-state index contributed by atoms with van der Waals surface area (Å²) in [6.07, 6.45) is 1.01. The number of anilines is 4. The van der Waals surface area contributed by atoms with Crippen LogP contribution in [0.1, 0.15) is 16.9 Å². The maximum Gasteiger partial charge on any atom is 0.224 e. The van der Waals surface area contributed by atoms with Crippen molar-refractivity contribution in [3.05, 3.63) is 107 Å². The van der Waals surface area contributed by atoms with Gasteiger partial charge in [-0.1, -0.05) is 36.4 Å². The van der Waals surface area contributed by atoms with Gasteiger partial charge in [-0.2, -0.15) is 0 Å². The lowest BCUT2D eigenvalue weighted by Gasteiger charge is -2.10. The Morgan fingerprint density at radius 1 is 0.750 bits per heavy atom. The molecular weight excluding hydrogens is 416 g/mol. The molecule has 0 spiro atoms. The number of para-hydroxylation sites is 1. The molecule has 0 saturated carbocycles. The fourth-order valence-corrected chi connectivity index (χ4v) is 3.87. The fraction of sp³-hybridized carbons (Fsp3) is 0.0769. The first-order valence-electron chi connectivity index (χ1n) is 10.4. The smallest absolute Gasteiger partial charge is 0.224 e. The van der Waals surface area contributed by atoms with Gasteiger partial charge in [0.25, 0.3) is 0 Å². The van der Waals surface area contributed by atoms with Crippen LogP contribution in [0.25, 0.3) is 0 Å². The van der Waals surface area contributed by atoms with E-state index in [9.17, 15) is 4.79 Å².